The van der Waals surface area contributed by atoms with E-state index >= 15 is 0 Å². The Morgan fingerprint density at radius 3 is 1.36 bits per heavy atom. The number of halogens is 8. The number of carbonyl (C=O) groups is 3. The van der Waals surface area contributed by atoms with Crippen molar-refractivity contribution in [1.82, 2.24) is 0 Å². The number of hydrogen-bond acceptors (Lipinski definition) is 7. The summed E-state index contributed by atoms with van der Waals surface area (Å²) in [5, 5.41) is 42.1. The Balaban J connectivity index is 0.000000326. The minimum atomic E-state index is -4.99. The second kappa shape index (κ2) is 25.3. The molecule has 0 heterocycles. The second-order valence-electron chi connectivity index (χ2n) is 14.6. The Hall–Kier alpha value is -5.98. The number of carboxylic acid groups (broad SMARTS) is 1. The zero-order valence-electron chi connectivity index (χ0n) is 34.8. The molecule has 0 radical (unpaired) electrons. The topological polar surface area (TPSA) is 167 Å². The van der Waals surface area contributed by atoms with E-state index in [0.717, 1.165) is 28.1 Å². The number of nitrogens with zero attached hydrogens (tertiary/aromatic N) is 1. The van der Waals surface area contributed by atoms with Crippen molar-refractivity contribution < 1.29 is 65.4 Å². The van der Waals surface area contributed by atoms with Crippen LogP contribution in [0.25, 0.3) is 0 Å². The third-order valence-corrected chi connectivity index (χ3v) is 9.73. The molecule has 0 spiro atoms. The van der Waals surface area contributed by atoms with E-state index in [9.17, 15) is 65.4 Å². The molecule has 0 aliphatic heterocycles. The van der Waals surface area contributed by atoms with Crippen LogP contribution in [0.1, 0.15) is 67.9 Å². The number of carbonyl (C=O) groups excluding carboxylic acids is 2. The average Bonchev–Trinajstić information content (AvgIpc) is 3.23. The van der Waals surface area contributed by atoms with Gasteiger partial charge in [-0.1, -0.05) is 64.5 Å². The van der Waals surface area contributed by atoms with Crippen LogP contribution in [0.4, 0.5) is 42.1 Å². The van der Waals surface area contributed by atoms with Gasteiger partial charge in [-0.2, -0.15) is 13.2 Å². The molecular weight excluding hydrogens is 921 g/mol. The maximum Gasteiger partial charge on any atom is 0.423 e. The van der Waals surface area contributed by atoms with Crippen LogP contribution in [0.3, 0.4) is 0 Å². The van der Waals surface area contributed by atoms with E-state index in [-0.39, 0.29) is 48.2 Å². The SMILES string of the molecule is CC(=O)CCc1ccc(F)cc1.CC(O)(CCc1ccc(F)cc1)C(=O)Nc1ccc([N+](=O)[O-])c(C(F)(F)F)c1.CC(O)(CCc1ccc(F)cc1)C(=O)O.Fc1ccc(CBr)cc1. The number of carboxylic acids is 1. The van der Waals surface area contributed by atoms with Gasteiger partial charge in [-0.05, 0) is 136 Å². The van der Waals surface area contributed by atoms with Crippen LogP contribution in [-0.4, -0.2) is 49.1 Å². The molecular formula is C46H46BrF7N2O8. The third kappa shape index (κ3) is 20.0. The zero-order valence-corrected chi connectivity index (χ0v) is 36.4. The molecule has 4 N–H and O–H groups in total. The Labute approximate surface area is 373 Å². The highest BCUT2D eigenvalue weighted by molar-refractivity contribution is 9.08. The quantitative estimate of drug-likeness (QED) is 0.0369. The molecule has 1 amide bonds. The number of aliphatic carboxylic acids is 1. The largest absolute Gasteiger partial charge is 0.479 e. The number of rotatable bonds is 14. The number of aryl methyl sites for hydroxylation is 3. The molecule has 0 saturated carbocycles. The van der Waals surface area contributed by atoms with Crippen molar-refractivity contribution in [2.45, 2.75) is 82.0 Å². The van der Waals surface area contributed by atoms with Crippen molar-refractivity contribution in [3.8, 4) is 0 Å². The molecule has 64 heavy (non-hydrogen) atoms. The van der Waals surface area contributed by atoms with E-state index in [1.54, 1.807) is 43.3 Å². The molecule has 0 aromatic heterocycles. The number of aliphatic hydroxyl groups is 2. The van der Waals surface area contributed by atoms with Gasteiger partial charge in [0.25, 0.3) is 11.6 Å². The molecule has 10 nitrogen and oxygen atoms in total. The summed E-state index contributed by atoms with van der Waals surface area (Å²) < 4.78 is 89.1. The fourth-order valence-electron chi connectivity index (χ4n) is 5.11. The number of hydrogen-bond donors (Lipinski definition) is 4. The van der Waals surface area contributed by atoms with Crippen molar-refractivity contribution in [3.05, 3.63) is 176 Å². The third-order valence-electron chi connectivity index (χ3n) is 9.08. The fourth-order valence-corrected chi connectivity index (χ4v) is 5.48. The summed E-state index contributed by atoms with van der Waals surface area (Å²) in [4.78, 5) is 43.0. The first-order chi connectivity index (χ1) is 29.8. The van der Waals surface area contributed by atoms with Gasteiger partial charge in [0.05, 0.1) is 4.92 Å². The predicted molar refractivity (Wildman–Crippen MR) is 229 cm³/mol. The van der Waals surface area contributed by atoms with E-state index < -0.39 is 51.2 Å². The van der Waals surface area contributed by atoms with Crippen LogP contribution >= 0.6 is 15.9 Å². The van der Waals surface area contributed by atoms with Gasteiger partial charge in [0.2, 0.25) is 0 Å². The van der Waals surface area contributed by atoms with E-state index in [4.69, 9.17) is 5.11 Å². The van der Waals surface area contributed by atoms with Crippen molar-refractivity contribution in [3.63, 3.8) is 0 Å². The molecule has 5 aromatic carbocycles. The normalized spacial score (nSPS) is 12.6. The fraction of sp³-hybridized carbons (Fsp3) is 0.283. The van der Waals surface area contributed by atoms with E-state index in [1.807, 2.05) is 0 Å². The van der Waals surface area contributed by atoms with Crippen molar-refractivity contribution in [1.29, 1.82) is 0 Å². The molecule has 0 aliphatic carbocycles. The first kappa shape index (κ1) is 54.2. The van der Waals surface area contributed by atoms with Crippen LogP contribution < -0.4 is 5.32 Å². The highest BCUT2D eigenvalue weighted by atomic mass is 79.9. The Bertz CT molecular complexity index is 2270. The minimum absolute atomic E-state index is 0.0798. The molecule has 5 aromatic rings. The first-order valence-corrected chi connectivity index (χ1v) is 20.3. The van der Waals surface area contributed by atoms with Crippen LogP contribution in [0.5, 0.6) is 0 Å². The number of amides is 1. The Morgan fingerprint density at radius 1 is 0.641 bits per heavy atom. The summed E-state index contributed by atoms with van der Waals surface area (Å²) >= 11 is 3.26. The molecule has 344 valence electrons. The molecule has 2 unspecified atom stereocenters. The molecule has 0 fully saturated rings. The van der Waals surface area contributed by atoms with Crippen LogP contribution in [0.15, 0.2) is 115 Å². The van der Waals surface area contributed by atoms with Gasteiger partial charge in [-0.25, -0.2) is 22.4 Å². The number of anilines is 1. The van der Waals surface area contributed by atoms with E-state index in [2.05, 4.69) is 21.2 Å². The number of alkyl halides is 4. The smallest absolute Gasteiger partial charge is 0.423 e. The summed E-state index contributed by atoms with van der Waals surface area (Å²) in [7, 11) is 0. The average molecular weight is 968 g/mol. The van der Waals surface area contributed by atoms with Crippen LogP contribution in [-0.2, 0) is 45.2 Å². The standard InChI is InChI=1S/C18H16F4N2O4.C11H13FO3.C10H11FO.C7H6BrF/c1-17(26,9-8-11-2-4-12(19)5-3-11)16(25)23-13-6-7-15(24(27)28)14(10-13)18(20,21)22;1-11(15,10(13)14)7-6-8-2-4-9(12)5-3-8;1-8(12)2-3-9-4-6-10(11)7-5-9;8-5-6-1-3-7(9)4-2-6/h2-7,10,26H,8-9H2,1H3,(H,23,25);2-5,15H,6-7H2,1H3,(H,13,14);4-7H,2-3H2,1H3;1-4H,5H2. The number of benzene rings is 5. The van der Waals surface area contributed by atoms with Gasteiger partial charge in [-0.15, -0.1) is 0 Å². The molecule has 0 aliphatic rings. The summed E-state index contributed by atoms with van der Waals surface area (Å²) in [5.74, 6) is -3.24. The minimum Gasteiger partial charge on any atom is -0.479 e. The highest BCUT2D eigenvalue weighted by Gasteiger charge is 2.39. The van der Waals surface area contributed by atoms with Gasteiger partial charge in [0, 0.05) is 23.5 Å². The monoisotopic (exact) mass is 966 g/mol. The zero-order chi connectivity index (χ0) is 48.3. The Morgan fingerprint density at radius 2 is 1.02 bits per heavy atom. The number of nitro benzene ring substituents is 1. The number of Topliss-reactive ketones (excluding diaryl/α,β-unsaturated/α-hetero) is 1. The van der Waals surface area contributed by atoms with Crippen molar-refractivity contribution in [2.75, 3.05) is 5.32 Å². The van der Waals surface area contributed by atoms with Crippen molar-refractivity contribution in [2.24, 2.45) is 0 Å². The maximum absolute atomic E-state index is 13.0. The number of ketones is 1. The molecule has 5 rings (SSSR count). The second-order valence-corrected chi connectivity index (χ2v) is 15.2. The summed E-state index contributed by atoms with van der Waals surface area (Å²) in [6.07, 6.45) is -3.11. The van der Waals surface area contributed by atoms with Gasteiger partial charge in [-0.3, -0.25) is 14.9 Å². The summed E-state index contributed by atoms with van der Waals surface area (Å²) in [6, 6.07) is 25.8. The lowest BCUT2D eigenvalue weighted by Crippen LogP contribution is -2.40. The van der Waals surface area contributed by atoms with E-state index in [0.29, 0.717) is 37.0 Å². The maximum atomic E-state index is 13.0. The Kier molecular flexibility index (Phi) is 21.4. The molecule has 0 saturated heterocycles. The predicted octanol–water partition coefficient (Wildman–Crippen LogP) is 10.7. The van der Waals surface area contributed by atoms with Crippen molar-refractivity contribution >= 4 is 45.0 Å². The summed E-state index contributed by atoms with van der Waals surface area (Å²) in [6.45, 7) is 3.99. The lowest BCUT2D eigenvalue weighted by Gasteiger charge is -2.22. The highest BCUT2D eigenvalue weighted by Crippen LogP contribution is 2.37. The van der Waals surface area contributed by atoms with E-state index in [1.165, 1.54) is 74.5 Å². The lowest BCUT2D eigenvalue weighted by atomic mass is 9.95. The van der Waals surface area contributed by atoms with Crippen LogP contribution in [0, 0.1) is 33.4 Å². The number of nitro groups is 1. The van der Waals surface area contributed by atoms with Gasteiger partial charge >= 0.3 is 12.1 Å². The van der Waals surface area contributed by atoms with Gasteiger partial charge in [0.15, 0.2) is 5.60 Å². The molecule has 0 bridgehead atoms. The summed E-state index contributed by atoms with van der Waals surface area (Å²) in [5.41, 5.74) is -3.10. The molecule has 2 atom stereocenters. The van der Waals surface area contributed by atoms with Crippen LogP contribution in [0.2, 0.25) is 0 Å². The number of nitrogens with one attached hydrogen (secondary N) is 1. The lowest BCUT2D eigenvalue weighted by molar-refractivity contribution is -0.388. The van der Waals surface area contributed by atoms with Gasteiger partial charge in [0.1, 0.15) is 40.2 Å². The molecule has 18 heteroatoms. The first-order valence-electron chi connectivity index (χ1n) is 19.2. The van der Waals surface area contributed by atoms with Gasteiger partial charge < -0.3 is 25.4 Å².